The molecule has 0 aromatic carbocycles. The van der Waals surface area contributed by atoms with Crippen LogP contribution in [0.5, 0.6) is 5.88 Å². The second kappa shape index (κ2) is 6.85. The van der Waals surface area contributed by atoms with Gasteiger partial charge in [0.2, 0.25) is 5.88 Å². The fourth-order valence-electron chi connectivity index (χ4n) is 2.56. The van der Waals surface area contributed by atoms with Gasteiger partial charge < -0.3 is 10.1 Å². The molecule has 1 aromatic heterocycles. The molecule has 2 rings (SSSR count). The number of ether oxygens (including phenoxy) is 1. The van der Waals surface area contributed by atoms with Gasteiger partial charge in [0, 0.05) is 12.7 Å². The van der Waals surface area contributed by atoms with E-state index in [1.165, 1.54) is 6.42 Å². The van der Waals surface area contributed by atoms with Crippen LogP contribution in [0, 0.1) is 11.8 Å². The average molecular weight is 263 g/mol. The van der Waals surface area contributed by atoms with Crippen molar-refractivity contribution < 1.29 is 4.74 Å². The van der Waals surface area contributed by atoms with Crippen LogP contribution in [0.25, 0.3) is 0 Å². The standard InChI is InChI=1S/C15H25N3O/c1-4-16-8-13-9-17-10-15(18-13)19-14-6-5-11(2)12(3)7-14/h9-12,14,16H,4-8H2,1-3H3. The average Bonchev–Trinajstić information content (AvgIpc) is 2.41. The van der Waals surface area contributed by atoms with Crippen LogP contribution in [0.3, 0.4) is 0 Å². The molecule has 1 fully saturated rings. The Bertz CT molecular complexity index is 397. The Balaban J connectivity index is 1.91. The van der Waals surface area contributed by atoms with E-state index < -0.39 is 0 Å². The van der Waals surface area contributed by atoms with Gasteiger partial charge in [-0.3, -0.25) is 4.98 Å². The van der Waals surface area contributed by atoms with Gasteiger partial charge in [0.05, 0.1) is 11.9 Å². The third-order valence-electron chi connectivity index (χ3n) is 4.06. The van der Waals surface area contributed by atoms with Crippen molar-refractivity contribution in [2.75, 3.05) is 6.54 Å². The Labute approximate surface area is 116 Å². The Morgan fingerprint density at radius 2 is 2.11 bits per heavy atom. The Kier molecular flexibility index (Phi) is 5.14. The van der Waals surface area contributed by atoms with Crippen LogP contribution in [0.1, 0.15) is 45.7 Å². The number of nitrogens with zero attached hydrogens (tertiary/aromatic N) is 2. The zero-order chi connectivity index (χ0) is 13.7. The van der Waals surface area contributed by atoms with Crippen molar-refractivity contribution in [1.82, 2.24) is 15.3 Å². The topological polar surface area (TPSA) is 47.0 Å². The number of hydrogen-bond acceptors (Lipinski definition) is 4. The van der Waals surface area contributed by atoms with E-state index in [4.69, 9.17) is 4.74 Å². The molecule has 1 saturated carbocycles. The molecule has 4 nitrogen and oxygen atoms in total. The summed E-state index contributed by atoms with van der Waals surface area (Å²) in [6.07, 6.45) is 7.32. The van der Waals surface area contributed by atoms with E-state index in [2.05, 4.69) is 36.1 Å². The molecule has 0 radical (unpaired) electrons. The molecule has 1 N–H and O–H groups in total. The second-order valence-electron chi connectivity index (χ2n) is 5.64. The summed E-state index contributed by atoms with van der Waals surface area (Å²) in [5.41, 5.74) is 0.941. The molecular weight excluding hydrogens is 238 g/mol. The fraction of sp³-hybridized carbons (Fsp3) is 0.733. The van der Waals surface area contributed by atoms with Gasteiger partial charge in [-0.25, -0.2) is 4.98 Å². The van der Waals surface area contributed by atoms with Crippen LogP contribution >= 0.6 is 0 Å². The van der Waals surface area contributed by atoms with Crippen LogP contribution in [-0.2, 0) is 6.54 Å². The quantitative estimate of drug-likeness (QED) is 0.887. The Morgan fingerprint density at radius 1 is 1.26 bits per heavy atom. The summed E-state index contributed by atoms with van der Waals surface area (Å²) in [6, 6.07) is 0. The molecule has 3 unspecified atom stereocenters. The van der Waals surface area contributed by atoms with Gasteiger partial charge in [0.25, 0.3) is 0 Å². The van der Waals surface area contributed by atoms with Gasteiger partial charge in [-0.15, -0.1) is 0 Å². The van der Waals surface area contributed by atoms with Gasteiger partial charge in [-0.05, 0) is 37.6 Å². The molecule has 0 saturated heterocycles. The van der Waals surface area contributed by atoms with E-state index in [1.54, 1.807) is 12.4 Å². The van der Waals surface area contributed by atoms with E-state index in [0.717, 1.165) is 43.5 Å². The molecule has 3 atom stereocenters. The molecule has 0 spiro atoms. The van der Waals surface area contributed by atoms with E-state index in [9.17, 15) is 0 Å². The van der Waals surface area contributed by atoms with Crippen molar-refractivity contribution in [1.29, 1.82) is 0 Å². The normalized spacial score (nSPS) is 27.2. The van der Waals surface area contributed by atoms with E-state index >= 15 is 0 Å². The first-order valence-electron chi connectivity index (χ1n) is 7.37. The Morgan fingerprint density at radius 3 is 2.84 bits per heavy atom. The lowest BCUT2D eigenvalue weighted by Crippen LogP contribution is -2.29. The molecule has 4 heteroatoms. The third-order valence-corrected chi connectivity index (χ3v) is 4.06. The number of nitrogens with one attached hydrogen (secondary N) is 1. The highest BCUT2D eigenvalue weighted by molar-refractivity contribution is 5.09. The van der Waals surface area contributed by atoms with Gasteiger partial charge in [0.1, 0.15) is 6.10 Å². The minimum absolute atomic E-state index is 0.301. The minimum atomic E-state index is 0.301. The smallest absolute Gasteiger partial charge is 0.232 e. The third kappa shape index (κ3) is 4.16. The van der Waals surface area contributed by atoms with Crippen LogP contribution in [0.2, 0.25) is 0 Å². The lowest BCUT2D eigenvalue weighted by Gasteiger charge is -2.31. The molecule has 1 aliphatic rings. The van der Waals surface area contributed by atoms with E-state index in [1.807, 2.05) is 0 Å². The highest BCUT2D eigenvalue weighted by Gasteiger charge is 2.26. The summed E-state index contributed by atoms with van der Waals surface area (Å²) in [7, 11) is 0. The van der Waals surface area contributed by atoms with Crippen molar-refractivity contribution in [2.45, 2.75) is 52.7 Å². The molecule has 1 heterocycles. The second-order valence-corrected chi connectivity index (χ2v) is 5.64. The summed E-state index contributed by atoms with van der Waals surface area (Å²) in [5, 5.41) is 3.25. The summed E-state index contributed by atoms with van der Waals surface area (Å²) >= 11 is 0. The molecule has 0 bridgehead atoms. The summed E-state index contributed by atoms with van der Waals surface area (Å²) < 4.78 is 5.99. The fourth-order valence-corrected chi connectivity index (χ4v) is 2.56. The van der Waals surface area contributed by atoms with E-state index in [-0.39, 0.29) is 0 Å². The first-order chi connectivity index (χ1) is 9.19. The van der Waals surface area contributed by atoms with Gasteiger partial charge in [-0.2, -0.15) is 0 Å². The SMILES string of the molecule is CCNCc1cncc(OC2CCC(C)C(C)C2)n1. The molecule has 1 aliphatic carbocycles. The number of hydrogen-bond donors (Lipinski definition) is 1. The molecular formula is C15H25N3O. The predicted octanol–water partition coefficient (Wildman–Crippen LogP) is 2.79. The maximum absolute atomic E-state index is 5.99. The largest absolute Gasteiger partial charge is 0.473 e. The van der Waals surface area contributed by atoms with Crippen LogP contribution in [0.4, 0.5) is 0 Å². The highest BCUT2D eigenvalue weighted by Crippen LogP contribution is 2.31. The van der Waals surface area contributed by atoms with E-state index in [0.29, 0.717) is 12.0 Å². The van der Waals surface area contributed by atoms with Crippen molar-refractivity contribution in [3.05, 3.63) is 18.1 Å². The van der Waals surface area contributed by atoms with Crippen LogP contribution in [-0.4, -0.2) is 22.6 Å². The highest BCUT2D eigenvalue weighted by atomic mass is 16.5. The zero-order valence-corrected chi connectivity index (χ0v) is 12.2. The van der Waals surface area contributed by atoms with Gasteiger partial charge in [0.15, 0.2) is 0 Å². The molecule has 0 aliphatic heterocycles. The van der Waals surface area contributed by atoms with Crippen molar-refractivity contribution >= 4 is 0 Å². The molecule has 106 valence electrons. The predicted molar refractivity (Wildman–Crippen MR) is 76.0 cm³/mol. The van der Waals surface area contributed by atoms with Crippen LogP contribution in [0.15, 0.2) is 12.4 Å². The monoisotopic (exact) mass is 263 g/mol. The molecule has 19 heavy (non-hydrogen) atoms. The van der Waals surface area contributed by atoms with Crippen molar-refractivity contribution in [3.63, 3.8) is 0 Å². The molecule has 1 aromatic rings. The summed E-state index contributed by atoms with van der Waals surface area (Å²) in [6.45, 7) is 8.41. The summed E-state index contributed by atoms with van der Waals surface area (Å²) in [4.78, 5) is 8.71. The molecule has 0 amide bonds. The van der Waals surface area contributed by atoms with Gasteiger partial charge in [-0.1, -0.05) is 20.8 Å². The zero-order valence-electron chi connectivity index (χ0n) is 12.2. The van der Waals surface area contributed by atoms with Gasteiger partial charge >= 0.3 is 0 Å². The van der Waals surface area contributed by atoms with Crippen molar-refractivity contribution in [3.8, 4) is 5.88 Å². The summed E-state index contributed by atoms with van der Waals surface area (Å²) in [5.74, 6) is 2.21. The van der Waals surface area contributed by atoms with Crippen LogP contribution < -0.4 is 10.1 Å². The number of aromatic nitrogens is 2. The van der Waals surface area contributed by atoms with Crippen molar-refractivity contribution in [2.24, 2.45) is 11.8 Å². The minimum Gasteiger partial charge on any atom is -0.473 e. The number of rotatable bonds is 5. The first-order valence-corrected chi connectivity index (χ1v) is 7.37. The maximum atomic E-state index is 5.99. The first kappa shape index (κ1) is 14.3. The Hall–Kier alpha value is -1.16. The lowest BCUT2D eigenvalue weighted by molar-refractivity contribution is 0.0958. The lowest BCUT2D eigenvalue weighted by atomic mass is 9.80. The maximum Gasteiger partial charge on any atom is 0.232 e.